The Labute approximate surface area is 193 Å². The highest BCUT2D eigenvalue weighted by molar-refractivity contribution is 9.10. The van der Waals surface area contributed by atoms with Crippen LogP contribution in [0.15, 0.2) is 94.5 Å². The third-order valence-electron chi connectivity index (χ3n) is 5.32. The number of hydrogen-bond donors (Lipinski definition) is 2. The molecular formula is C26H19BrN4O. The fourth-order valence-corrected chi connectivity index (χ4v) is 4.07. The van der Waals surface area contributed by atoms with Gasteiger partial charge in [-0.25, -0.2) is 15.4 Å². The Hall–Kier alpha value is -3.77. The van der Waals surface area contributed by atoms with Crippen molar-refractivity contribution in [1.29, 1.82) is 0 Å². The summed E-state index contributed by atoms with van der Waals surface area (Å²) in [6, 6.07) is 27.5. The van der Waals surface area contributed by atoms with Gasteiger partial charge in [-0.2, -0.15) is 5.10 Å². The number of fused-ring (bicyclic) bond motifs is 2. The topological polar surface area (TPSA) is 70.4 Å². The average molecular weight is 483 g/mol. The quantitative estimate of drug-likeness (QED) is 0.219. The smallest absolute Gasteiger partial charge is 0.244 e. The maximum atomic E-state index is 10.7. The van der Waals surface area contributed by atoms with E-state index in [4.69, 9.17) is 4.98 Å². The van der Waals surface area contributed by atoms with Crippen LogP contribution in [0.4, 0.5) is 5.95 Å². The fraction of sp³-hybridized carbons (Fsp3) is 0.0385. The summed E-state index contributed by atoms with van der Waals surface area (Å²) in [5.41, 5.74) is 6.89. The van der Waals surface area contributed by atoms with E-state index in [9.17, 15) is 5.11 Å². The van der Waals surface area contributed by atoms with Gasteiger partial charge in [-0.3, -0.25) is 0 Å². The number of hydrogen-bond acceptors (Lipinski definition) is 5. The van der Waals surface area contributed by atoms with E-state index in [0.29, 0.717) is 17.2 Å². The molecule has 0 atom stereocenters. The van der Waals surface area contributed by atoms with Gasteiger partial charge in [0.05, 0.1) is 16.9 Å². The third-order valence-corrected chi connectivity index (χ3v) is 5.81. The maximum absolute atomic E-state index is 10.7. The standard InChI is InChI=1S/C26H19BrN4O/c1-16(20-13-11-17-7-5-6-10-21(17)25(20)32)30-31-26-28-23-14-12-19(27)15-22(23)24(29-26)18-8-3-2-4-9-18/h2-15,32H,1H3,(H,28,29,31)/b30-16-. The third kappa shape index (κ3) is 3.81. The highest BCUT2D eigenvalue weighted by Gasteiger charge is 2.12. The molecule has 2 N–H and O–H groups in total. The molecule has 32 heavy (non-hydrogen) atoms. The molecule has 0 saturated heterocycles. The van der Waals surface area contributed by atoms with Crippen LogP contribution in [0.3, 0.4) is 0 Å². The van der Waals surface area contributed by atoms with Gasteiger partial charge in [0.15, 0.2) is 0 Å². The van der Waals surface area contributed by atoms with Crippen LogP contribution in [-0.4, -0.2) is 20.8 Å². The Bertz CT molecular complexity index is 1480. The van der Waals surface area contributed by atoms with Crippen LogP contribution in [0.5, 0.6) is 5.75 Å². The van der Waals surface area contributed by atoms with E-state index in [2.05, 4.69) is 31.4 Å². The lowest BCUT2D eigenvalue weighted by Gasteiger charge is -2.10. The van der Waals surface area contributed by atoms with Crippen LogP contribution in [0, 0.1) is 0 Å². The summed E-state index contributed by atoms with van der Waals surface area (Å²) < 4.78 is 0.965. The van der Waals surface area contributed by atoms with Crippen molar-refractivity contribution >= 4 is 49.3 Å². The maximum Gasteiger partial charge on any atom is 0.244 e. The average Bonchev–Trinajstić information content (AvgIpc) is 2.83. The van der Waals surface area contributed by atoms with E-state index in [1.165, 1.54) is 0 Å². The molecule has 156 valence electrons. The Kier molecular flexibility index (Phi) is 5.29. The number of benzene rings is 4. The molecule has 4 aromatic carbocycles. The Morgan fingerprint density at radius 2 is 1.66 bits per heavy atom. The highest BCUT2D eigenvalue weighted by atomic mass is 79.9. The SMILES string of the molecule is C/C(=N/Nc1nc(-c2ccccc2)c2cc(Br)ccc2n1)c1ccc2ccccc2c1O. The largest absolute Gasteiger partial charge is 0.507 e. The molecule has 6 heteroatoms. The molecule has 1 heterocycles. The number of hydrazone groups is 1. The van der Waals surface area contributed by atoms with Crippen molar-refractivity contribution in [3.05, 3.63) is 95.0 Å². The predicted octanol–water partition coefficient (Wildman–Crippen LogP) is 6.75. The van der Waals surface area contributed by atoms with E-state index in [-0.39, 0.29) is 5.75 Å². The zero-order valence-corrected chi connectivity index (χ0v) is 18.8. The lowest BCUT2D eigenvalue weighted by molar-refractivity contribution is 0.480. The second-order valence-corrected chi connectivity index (χ2v) is 8.33. The second kappa shape index (κ2) is 8.40. The zero-order chi connectivity index (χ0) is 22.1. The van der Waals surface area contributed by atoms with E-state index < -0.39 is 0 Å². The van der Waals surface area contributed by atoms with Gasteiger partial charge in [-0.1, -0.05) is 76.6 Å². The first-order valence-corrected chi connectivity index (χ1v) is 10.9. The molecule has 0 aliphatic rings. The van der Waals surface area contributed by atoms with Crippen LogP contribution in [-0.2, 0) is 0 Å². The number of aromatic nitrogens is 2. The minimum Gasteiger partial charge on any atom is -0.507 e. The monoisotopic (exact) mass is 482 g/mol. The normalized spacial score (nSPS) is 11.8. The fourth-order valence-electron chi connectivity index (χ4n) is 3.71. The van der Waals surface area contributed by atoms with E-state index >= 15 is 0 Å². The van der Waals surface area contributed by atoms with Crippen molar-refractivity contribution in [1.82, 2.24) is 9.97 Å². The number of anilines is 1. The molecule has 1 aromatic heterocycles. The van der Waals surface area contributed by atoms with Crippen LogP contribution in [0.1, 0.15) is 12.5 Å². The number of halogens is 1. The number of nitrogens with one attached hydrogen (secondary N) is 1. The summed E-state index contributed by atoms with van der Waals surface area (Å²) in [7, 11) is 0. The molecule has 0 fully saturated rings. The molecule has 5 aromatic rings. The van der Waals surface area contributed by atoms with Crippen LogP contribution in [0.25, 0.3) is 32.9 Å². The van der Waals surface area contributed by atoms with Crippen molar-refractivity contribution in [3.63, 3.8) is 0 Å². The van der Waals surface area contributed by atoms with Gasteiger partial charge in [0.25, 0.3) is 0 Å². The summed E-state index contributed by atoms with van der Waals surface area (Å²) in [5.74, 6) is 0.596. The first kappa shape index (κ1) is 20.2. The highest BCUT2D eigenvalue weighted by Crippen LogP contribution is 2.31. The number of phenols is 1. The number of aromatic hydroxyl groups is 1. The minimum absolute atomic E-state index is 0.209. The lowest BCUT2D eigenvalue weighted by Crippen LogP contribution is -2.04. The van der Waals surface area contributed by atoms with Crippen molar-refractivity contribution < 1.29 is 5.11 Å². The van der Waals surface area contributed by atoms with Crippen LogP contribution >= 0.6 is 15.9 Å². The molecular weight excluding hydrogens is 464 g/mol. The van der Waals surface area contributed by atoms with E-state index in [0.717, 1.165) is 37.4 Å². The van der Waals surface area contributed by atoms with Crippen molar-refractivity contribution in [3.8, 4) is 17.0 Å². The number of phenolic OH excluding ortho intramolecular Hbond substituents is 1. The molecule has 0 aliphatic heterocycles. The Balaban J connectivity index is 1.55. The molecule has 0 bridgehead atoms. The van der Waals surface area contributed by atoms with Crippen molar-refractivity contribution in [2.75, 3.05) is 5.43 Å². The van der Waals surface area contributed by atoms with Crippen LogP contribution < -0.4 is 5.43 Å². The van der Waals surface area contributed by atoms with E-state index in [1.54, 1.807) is 0 Å². The molecule has 0 aliphatic carbocycles. The minimum atomic E-state index is 0.209. The van der Waals surface area contributed by atoms with Crippen molar-refractivity contribution in [2.45, 2.75) is 6.92 Å². The number of rotatable bonds is 4. The van der Waals surface area contributed by atoms with E-state index in [1.807, 2.05) is 91.9 Å². The molecule has 0 saturated carbocycles. The molecule has 5 nitrogen and oxygen atoms in total. The van der Waals surface area contributed by atoms with Crippen LogP contribution in [0.2, 0.25) is 0 Å². The van der Waals surface area contributed by atoms with Gasteiger partial charge in [-0.15, -0.1) is 0 Å². The van der Waals surface area contributed by atoms with Gasteiger partial charge < -0.3 is 5.11 Å². The molecule has 0 amide bonds. The summed E-state index contributed by atoms with van der Waals surface area (Å²) in [6.45, 7) is 1.84. The Morgan fingerprint density at radius 1 is 0.875 bits per heavy atom. The summed E-state index contributed by atoms with van der Waals surface area (Å²) >= 11 is 3.54. The van der Waals surface area contributed by atoms with Gasteiger partial charge in [-0.05, 0) is 36.6 Å². The Morgan fingerprint density at radius 3 is 2.50 bits per heavy atom. The number of nitrogens with zero attached hydrogens (tertiary/aromatic N) is 3. The first-order valence-electron chi connectivity index (χ1n) is 10.1. The molecule has 0 radical (unpaired) electrons. The summed E-state index contributed by atoms with van der Waals surface area (Å²) in [6.07, 6.45) is 0. The van der Waals surface area contributed by atoms with Gasteiger partial charge in [0.1, 0.15) is 5.75 Å². The van der Waals surface area contributed by atoms with Gasteiger partial charge in [0, 0.05) is 26.4 Å². The molecule has 5 rings (SSSR count). The van der Waals surface area contributed by atoms with Gasteiger partial charge in [0.2, 0.25) is 5.95 Å². The van der Waals surface area contributed by atoms with Crippen molar-refractivity contribution in [2.24, 2.45) is 5.10 Å². The first-order chi connectivity index (χ1) is 15.6. The summed E-state index contributed by atoms with van der Waals surface area (Å²) in [4.78, 5) is 9.37. The molecule has 0 spiro atoms. The second-order valence-electron chi connectivity index (χ2n) is 7.42. The summed E-state index contributed by atoms with van der Waals surface area (Å²) in [5, 5.41) is 17.9. The predicted molar refractivity (Wildman–Crippen MR) is 134 cm³/mol. The molecule has 0 unspecified atom stereocenters. The lowest BCUT2D eigenvalue weighted by atomic mass is 10.0. The van der Waals surface area contributed by atoms with Gasteiger partial charge >= 0.3 is 0 Å². The zero-order valence-electron chi connectivity index (χ0n) is 17.2.